The molecule has 0 aromatic rings. The quantitative estimate of drug-likeness (QED) is 0.0222. The largest absolute Gasteiger partial charge is 0.472 e. The van der Waals surface area contributed by atoms with Crippen LogP contribution in [0.5, 0.6) is 0 Å². The Morgan fingerprint density at radius 3 is 0.772 bits per heavy atom. The summed E-state index contributed by atoms with van der Waals surface area (Å²) >= 11 is 0. The first-order valence-corrected chi connectivity index (χ1v) is 40.8. The summed E-state index contributed by atoms with van der Waals surface area (Å²) in [5.41, 5.74) is 0. The van der Waals surface area contributed by atoms with E-state index in [9.17, 15) is 43.2 Å². The third-order valence-electron chi connectivity index (χ3n) is 17.5. The molecule has 0 bridgehead atoms. The lowest BCUT2D eigenvalue weighted by molar-refractivity contribution is -0.161. The van der Waals surface area contributed by atoms with E-state index in [4.69, 9.17) is 37.0 Å². The Hall–Kier alpha value is -1.94. The predicted molar refractivity (Wildman–Crippen MR) is 372 cm³/mol. The van der Waals surface area contributed by atoms with Crippen LogP contribution < -0.4 is 0 Å². The Morgan fingerprint density at radius 1 is 0.304 bits per heavy atom. The standard InChI is InChI=1S/C73H142O17P2/c1-9-65(7)51-43-35-29-31-38-46-54-71(76)84-60-69(90-73(78)56-48-40-32-30-36-44-52-66(8)10-2)62-88-92(81,82)86-58-67(74)57-85-91(79,80)87-61-68(89-72(77)55-47-39-28-24-20-16-18-22-26-34-42-50-64(5)6)59-83-70(75)53-45-37-27-23-19-15-13-11-12-14-17-21-25-33-41-49-63(3)4/h63-69,74H,9-62H2,1-8H3,(H,79,80)(H,81,82)/t65?,66?,67-,68-,69-/m1/s1. The zero-order chi connectivity index (χ0) is 68.2. The highest BCUT2D eigenvalue weighted by molar-refractivity contribution is 7.47. The number of esters is 4. The van der Waals surface area contributed by atoms with Crippen LogP contribution >= 0.6 is 15.6 Å². The number of aliphatic hydroxyl groups is 1. The number of phosphoric acid groups is 2. The molecule has 19 heteroatoms. The fourth-order valence-electron chi connectivity index (χ4n) is 11.0. The van der Waals surface area contributed by atoms with Crippen molar-refractivity contribution in [3.63, 3.8) is 0 Å². The van der Waals surface area contributed by atoms with E-state index in [1.807, 2.05) is 0 Å². The number of hydrogen-bond acceptors (Lipinski definition) is 15. The Bertz CT molecular complexity index is 1820. The molecule has 0 aliphatic carbocycles. The molecule has 0 spiro atoms. The lowest BCUT2D eigenvalue weighted by Gasteiger charge is -2.21. The van der Waals surface area contributed by atoms with Gasteiger partial charge in [-0.25, -0.2) is 9.13 Å². The van der Waals surface area contributed by atoms with Gasteiger partial charge in [0.15, 0.2) is 12.2 Å². The maximum absolute atomic E-state index is 13.1. The number of unbranched alkanes of at least 4 members (excludes halogenated alkanes) is 34. The number of rotatable bonds is 70. The molecule has 92 heavy (non-hydrogen) atoms. The van der Waals surface area contributed by atoms with Crippen molar-refractivity contribution < 1.29 is 80.2 Å². The van der Waals surface area contributed by atoms with Crippen LogP contribution in [-0.2, 0) is 65.4 Å². The van der Waals surface area contributed by atoms with Crippen LogP contribution in [0.3, 0.4) is 0 Å². The minimum atomic E-state index is -4.96. The van der Waals surface area contributed by atoms with Crippen molar-refractivity contribution in [3.05, 3.63) is 0 Å². The molecule has 0 aliphatic rings. The molecule has 0 aromatic carbocycles. The van der Waals surface area contributed by atoms with Gasteiger partial charge in [-0.05, 0) is 49.4 Å². The maximum atomic E-state index is 13.1. The molecular formula is C73H142O17P2. The van der Waals surface area contributed by atoms with E-state index in [-0.39, 0.29) is 25.7 Å². The topological polar surface area (TPSA) is 237 Å². The molecule has 0 aliphatic heterocycles. The van der Waals surface area contributed by atoms with Gasteiger partial charge in [-0.1, -0.05) is 312 Å². The minimum Gasteiger partial charge on any atom is -0.462 e. The predicted octanol–water partition coefficient (Wildman–Crippen LogP) is 20.9. The van der Waals surface area contributed by atoms with Gasteiger partial charge in [0.05, 0.1) is 26.4 Å². The summed E-state index contributed by atoms with van der Waals surface area (Å²) in [6.45, 7) is 14.1. The van der Waals surface area contributed by atoms with E-state index in [0.717, 1.165) is 120 Å². The molecule has 0 amide bonds. The number of ether oxygens (including phenoxy) is 4. The van der Waals surface area contributed by atoms with Crippen molar-refractivity contribution in [2.45, 2.75) is 382 Å². The second-order valence-corrected chi connectivity index (χ2v) is 30.7. The summed E-state index contributed by atoms with van der Waals surface area (Å²) in [5.74, 6) is 0.894. The van der Waals surface area contributed by atoms with Crippen molar-refractivity contribution >= 4 is 39.5 Å². The number of hydrogen-bond donors (Lipinski definition) is 3. The molecule has 3 N–H and O–H groups in total. The molecule has 0 radical (unpaired) electrons. The van der Waals surface area contributed by atoms with E-state index in [1.165, 1.54) is 161 Å². The van der Waals surface area contributed by atoms with Gasteiger partial charge in [0.2, 0.25) is 0 Å². The fourth-order valence-corrected chi connectivity index (χ4v) is 12.5. The van der Waals surface area contributed by atoms with Gasteiger partial charge in [0, 0.05) is 25.7 Å². The first kappa shape index (κ1) is 90.1. The second-order valence-electron chi connectivity index (χ2n) is 27.8. The Balaban J connectivity index is 5.23. The molecule has 0 heterocycles. The van der Waals surface area contributed by atoms with Gasteiger partial charge in [-0.3, -0.25) is 37.3 Å². The van der Waals surface area contributed by atoms with Gasteiger partial charge < -0.3 is 33.8 Å². The van der Waals surface area contributed by atoms with Gasteiger partial charge in [0.1, 0.15) is 19.3 Å². The highest BCUT2D eigenvalue weighted by Gasteiger charge is 2.30. The zero-order valence-electron chi connectivity index (χ0n) is 60.2. The lowest BCUT2D eigenvalue weighted by atomic mass is 10.00. The smallest absolute Gasteiger partial charge is 0.462 e. The lowest BCUT2D eigenvalue weighted by Crippen LogP contribution is -2.30. The van der Waals surface area contributed by atoms with Crippen molar-refractivity contribution in [2.24, 2.45) is 23.7 Å². The van der Waals surface area contributed by atoms with E-state index < -0.39 is 97.5 Å². The average Bonchev–Trinajstić information content (AvgIpc) is 3.64. The summed E-state index contributed by atoms with van der Waals surface area (Å²) in [5, 5.41) is 10.6. The summed E-state index contributed by atoms with van der Waals surface area (Å²) in [4.78, 5) is 72.6. The van der Waals surface area contributed by atoms with E-state index in [0.29, 0.717) is 25.7 Å². The van der Waals surface area contributed by atoms with Crippen LogP contribution in [0.25, 0.3) is 0 Å². The summed E-state index contributed by atoms with van der Waals surface area (Å²) in [6.07, 6.45) is 45.9. The molecule has 0 fully saturated rings. The van der Waals surface area contributed by atoms with Crippen LogP contribution in [0.2, 0.25) is 0 Å². The monoisotopic (exact) mass is 1350 g/mol. The third kappa shape index (κ3) is 64.1. The third-order valence-corrected chi connectivity index (χ3v) is 19.4. The van der Waals surface area contributed by atoms with E-state index >= 15 is 0 Å². The van der Waals surface area contributed by atoms with Crippen molar-refractivity contribution in [3.8, 4) is 0 Å². The highest BCUT2D eigenvalue weighted by atomic mass is 31.2. The maximum Gasteiger partial charge on any atom is 0.472 e. The zero-order valence-corrected chi connectivity index (χ0v) is 62.0. The second kappa shape index (κ2) is 62.6. The summed E-state index contributed by atoms with van der Waals surface area (Å²) < 4.78 is 68.4. The van der Waals surface area contributed by atoms with Gasteiger partial charge >= 0.3 is 39.5 Å². The van der Waals surface area contributed by atoms with Gasteiger partial charge in [-0.2, -0.15) is 0 Å². The number of carbonyl (C=O) groups excluding carboxylic acids is 4. The summed E-state index contributed by atoms with van der Waals surface area (Å²) in [6, 6.07) is 0. The number of phosphoric ester groups is 2. The van der Waals surface area contributed by atoms with Crippen molar-refractivity contribution in [1.82, 2.24) is 0 Å². The fraction of sp³-hybridized carbons (Fsp3) is 0.945. The van der Waals surface area contributed by atoms with Crippen LogP contribution in [-0.4, -0.2) is 96.7 Å². The van der Waals surface area contributed by atoms with E-state index in [2.05, 4.69) is 55.4 Å². The Morgan fingerprint density at radius 2 is 0.522 bits per heavy atom. The summed E-state index contributed by atoms with van der Waals surface area (Å²) in [7, 11) is -9.91. The van der Waals surface area contributed by atoms with Crippen molar-refractivity contribution in [2.75, 3.05) is 39.6 Å². The Kier molecular flexibility index (Phi) is 61.3. The van der Waals surface area contributed by atoms with Crippen LogP contribution in [0.1, 0.15) is 364 Å². The molecule has 0 saturated heterocycles. The molecule has 4 unspecified atom stereocenters. The Labute approximate surface area is 562 Å². The van der Waals surface area contributed by atoms with Crippen LogP contribution in [0.4, 0.5) is 0 Å². The molecule has 7 atom stereocenters. The number of aliphatic hydroxyl groups excluding tert-OH is 1. The number of carbonyl (C=O) groups is 4. The van der Waals surface area contributed by atoms with Crippen LogP contribution in [0, 0.1) is 23.7 Å². The molecule has 546 valence electrons. The van der Waals surface area contributed by atoms with Crippen molar-refractivity contribution in [1.29, 1.82) is 0 Å². The first-order chi connectivity index (χ1) is 44.2. The van der Waals surface area contributed by atoms with Gasteiger partial charge in [-0.15, -0.1) is 0 Å². The molecule has 17 nitrogen and oxygen atoms in total. The first-order valence-electron chi connectivity index (χ1n) is 37.8. The molecule has 0 rings (SSSR count). The molecular weight excluding hydrogens is 1210 g/mol. The normalized spacial score (nSPS) is 14.8. The molecule has 0 aromatic heterocycles. The average molecular weight is 1350 g/mol. The highest BCUT2D eigenvalue weighted by Crippen LogP contribution is 2.45. The van der Waals surface area contributed by atoms with E-state index in [1.54, 1.807) is 0 Å². The van der Waals surface area contributed by atoms with Crippen LogP contribution in [0.15, 0.2) is 0 Å². The SMILES string of the molecule is CCC(C)CCCCCCCCC(=O)OC[C@H](COP(=O)(O)OC[C@H](O)COP(=O)(O)OC[C@@H](COC(=O)CCCCCCCCCCCCCCCCCC(C)C)OC(=O)CCCCCCCCCCCCCC(C)C)OC(=O)CCCCCCCCC(C)CC. The minimum absolute atomic E-state index is 0.102. The van der Waals surface area contributed by atoms with Gasteiger partial charge in [0.25, 0.3) is 0 Å². The molecule has 0 saturated carbocycles.